The van der Waals surface area contributed by atoms with Gasteiger partial charge in [-0.1, -0.05) is 0 Å². The van der Waals surface area contributed by atoms with Gasteiger partial charge in [0.15, 0.2) is 0 Å². The molecule has 0 bridgehead atoms. The molecule has 1 aliphatic carbocycles. The first-order chi connectivity index (χ1) is 10.8. The second-order valence-corrected chi connectivity index (χ2v) is 12.1. The van der Waals surface area contributed by atoms with Crippen LogP contribution in [0.25, 0.3) is 0 Å². The van der Waals surface area contributed by atoms with E-state index in [0.717, 1.165) is 13.4 Å². The van der Waals surface area contributed by atoms with Crippen LogP contribution in [0.3, 0.4) is 0 Å². The molecule has 3 heteroatoms. The molecular weight excluding hydrogens is 341 g/mol. The van der Waals surface area contributed by atoms with Gasteiger partial charge in [-0.2, -0.15) is 0 Å². The van der Waals surface area contributed by atoms with Crippen LogP contribution < -0.4 is 8.70 Å². The minimum atomic E-state index is -3.78. The van der Waals surface area contributed by atoms with Crippen molar-refractivity contribution in [3.8, 4) is 0 Å². The molecule has 0 N–H and O–H groups in total. The maximum atomic E-state index is 14.5. The van der Waals surface area contributed by atoms with Crippen LogP contribution in [0.5, 0.6) is 0 Å². The molecule has 1 aliphatic rings. The van der Waals surface area contributed by atoms with E-state index in [9.17, 15) is 8.78 Å². The second kappa shape index (κ2) is 6.46. The van der Waals surface area contributed by atoms with Crippen LogP contribution in [0.4, 0.5) is 8.78 Å². The Morgan fingerprint density at radius 2 is 1.23 bits per heavy atom. The molecule has 22 heavy (non-hydrogen) atoms. The molecule has 0 aromatic heterocycles. The molecule has 3 rings (SSSR count). The van der Waals surface area contributed by atoms with E-state index in [1.165, 1.54) is 0 Å². The summed E-state index contributed by atoms with van der Waals surface area (Å²) in [7, 11) is 0. The summed E-state index contributed by atoms with van der Waals surface area (Å²) in [5.41, 5.74) is 0. The molecule has 0 saturated heterocycles. The molecule has 0 saturated carbocycles. The zero-order chi connectivity index (χ0) is 15.4. The molecule has 2 aromatic rings. The van der Waals surface area contributed by atoms with Gasteiger partial charge in [-0.25, -0.2) is 0 Å². The first-order valence-electron chi connectivity index (χ1n) is 7.10. The fourth-order valence-corrected chi connectivity index (χ4v) is 10.1. The Hall–Kier alpha value is -1.92. The summed E-state index contributed by atoms with van der Waals surface area (Å²) < 4.78 is 31.3. The van der Waals surface area contributed by atoms with Gasteiger partial charge < -0.3 is 0 Å². The second-order valence-electron chi connectivity index (χ2n) is 5.01. The molecule has 0 fully saturated rings. The van der Waals surface area contributed by atoms with Gasteiger partial charge in [-0.05, 0) is 0 Å². The number of halogens is 2. The van der Waals surface area contributed by atoms with Crippen molar-refractivity contribution in [3.05, 3.63) is 96.1 Å². The predicted molar refractivity (Wildman–Crippen MR) is 89.7 cm³/mol. The van der Waals surface area contributed by atoms with Crippen molar-refractivity contribution >= 4 is 22.3 Å². The van der Waals surface area contributed by atoms with Gasteiger partial charge in [-0.3, -0.25) is 0 Å². The van der Waals surface area contributed by atoms with E-state index in [2.05, 4.69) is 0 Å². The van der Waals surface area contributed by atoms with E-state index >= 15 is 0 Å². The average molecular weight is 357 g/mol. The zero-order valence-corrected chi connectivity index (χ0v) is 13.8. The van der Waals surface area contributed by atoms with E-state index in [1.807, 2.05) is 91.4 Å². The molecule has 0 aliphatic heterocycles. The van der Waals surface area contributed by atoms with Crippen LogP contribution in [0.1, 0.15) is 0 Å². The third-order valence-corrected chi connectivity index (χ3v) is 12.0. The van der Waals surface area contributed by atoms with Crippen LogP contribution in [0, 0.1) is 11.1 Å². The molecule has 0 radical (unpaired) electrons. The molecule has 0 unspecified atom stereocenters. The van der Waals surface area contributed by atoms with E-state index in [-0.39, 0.29) is 0 Å². The zero-order valence-electron chi connectivity index (χ0n) is 11.9. The van der Waals surface area contributed by atoms with Crippen molar-refractivity contribution in [1.29, 1.82) is 0 Å². The van der Waals surface area contributed by atoms with Crippen LogP contribution in [-0.4, -0.2) is 18.8 Å². The van der Waals surface area contributed by atoms with Crippen LogP contribution in [0.15, 0.2) is 85.0 Å². The van der Waals surface area contributed by atoms with Gasteiger partial charge in [0, 0.05) is 0 Å². The molecular formula is C19H16AsF2+. The Morgan fingerprint density at radius 3 is 1.64 bits per heavy atom. The van der Waals surface area contributed by atoms with E-state index < -0.39 is 18.8 Å². The van der Waals surface area contributed by atoms with Crippen molar-refractivity contribution < 1.29 is 8.78 Å². The van der Waals surface area contributed by atoms with Gasteiger partial charge in [0.25, 0.3) is 0 Å². The van der Waals surface area contributed by atoms with Gasteiger partial charge in [0.05, 0.1) is 0 Å². The fourth-order valence-electron chi connectivity index (χ4n) is 2.77. The normalized spacial score (nSPS) is 15.0. The van der Waals surface area contributed by atoms with Crippen LogP contribution in [0.2, 0.25) is 0 Å². The molecule has 0 atom stereocenters. The standard InChI is InChI=1S/C19H16AsF2/c21-19(22)20(16-10-4-1-5-11-16,17-12-6-2-7-13-17)18-14-8-3-9-15-18/h1-15,19H/q+1. The van der Waals surface area contributed by atoms with E-state index in [1.54, 1.807) is 0 Å². The van der Waals surface area contributed by atoms with Crippen molar-refractivity contribution in [1.82, 2.24) is 0 Å². The minimum absolute atomic E-state index is 0.771. The number of rotatable bonds is 4. The fraction of sp³-hybridized carbons (Fsp3) is 0.0526. The molecule has 2 aromatic carbocycles. The Labute approximate surface area is 132 Å². The van der Waals surface area contributed by atoms with E-state index in [4.69, 9.17) is 0 Å². The summed E-state index contributed by atoms with van der Waals surface area (Å²) in [6.07, 6.45) is 9.26. The van der Waals surface area contributed by atoms with E-state index in [0.29, 0.717) is 0 Å². The molecule has 0 heterocycles. The topological polar surface area (TPSA) is 0 Å². The summed E-state index contributed by atoms with van der Waals surface area (Å²) in [4.78, 5) is 0. The quantitative estimate of drug-likeness (QED) is 0.581. The number of hydrogen-bond donors (Lipinski definition) is 0. The third kappa shape index (κ3) is 2.48. The summed E-state index contributed by atoms with van der Waals surface area (Å²) in [5, 5.41) is -2.38. The predicted octanol–water partition coefficient (Wildman–Crippen LogP) is 3.50. The molecule has 110 valence electrons. The van der Waals surface area contributed by atoms with Gasteiger partial charge in [-0.15, -0.1) is 0 Å². The van der Waals surface area contributed by atoms with Crippen molar-refractivity contribution in [2.75, 3.05) is 0 Å². The Bertz CT molecular complexity index is 611. The average Bonchev–Trinajstić information content (AvgIpc) is 2.58. The number of allylic oxidation sites excluding steroid dienone is 4. The van der Waals surface area contributed by atoms with Crippen molar-refractivity contribution in [2.24, 2.45) is 0 Å². The van der Waals surface area contributed by atoms with Crippen LogP contribution in [-0.2, 0) is 0 Å². The van der Waals surface area contributed by atoms with Crippen molar-refractivity contribution in [3.63, 3.8) is 0 Å². The number of alkyl halides is 2. The maximum absolute atomic E-state index is 14.5. The number of hydrogen-bond acceptors (Lipinski definition) is 0. The Balaban J connectivity index is 2.26. The SMILES string of the molecule is FC(F)[As-](c1ccccc1)(c1ccccc1)[C+]1C=C[CH+]C=C1. The van der Waals surface area contributed by atoms with Crippen LogP contribution >= 0.6 is 0 Å². The van der Waals surface area contributed by atoms with Gasteiger partial charge in [0.1, 0.15) is 0 Å². The monoisotopic (exact) mass is 357 g/mol. The molecule has 0 spiro atoms. The third-order valence-electron chi connectivity index (χ3n) is 3.78. The Kier molecular flexibility index (Phi) is 4.40. The number of benzene rings is 2. The summed E-state index contributed by atoms with van der Waals surface area (Å²) in [6, 6.07) is 18.5. The summed E-state index contributed by atoms with van der Waals surface area (Å²) in [5.74, 6) is 0. The van der Waals surface area contributed by atoms with Crippen molar-refractivity contribution in [2.45, 2.75) is 5.21 Å². The van der Waals surface area contributed by atoms with Gasteiger partial charge >= 0.3 is 132 Å². The Morgan fingerprint density at radius 1 is 0.773 bits per heavy atom. The summed E-state index contributed by atoms with van der Waals surface area (Å²) >= 11 is -3.78. The van der Waals surface area contributed by atoms with Gasteiger partial charge in [0.2, 0.25) is 0 Å². The molecule has 0 nitrogen and oxygen atoms in total. The molecule has 0 amide bonds. The first-order valence-corrected chi connectivity index (χ1v) is 11.0. The summed E-state index contributed by atoms with van der Waals surface area (Å²) in [6.45, 7) is 0. The first kappa shape index (κ1) is 15.0.